The summed E-state index contributed by atoms with van der Waals surface area (Å²) in [5, 5.41) is 12.2. The summed E-state index contributed by atoms with van der Waals surface area (Å²) in [5.41, 5.74) is 1.17. The molecule has 0 aliphatic heterocycles. The third kappa shape index (κ3) is 3.16. The molecule has 5 heteroatoms. The van der Waals surface area contributed by atoms with E-state index in [0.29, 0.717) is 12.1 Å². The molecule has 0 spiro atoms. The van der Waals surface area contributed by atoms with Crippen molar-refractivity contribution in [3.05, 3.63) is 30.2 Å². The first-order valence-corrected chi connectivity index (χ1v) is 6.93. The van der Waals surface area contributed by atoms with Gasteiger partial charge in [-0.1, -0.05) is 6.92 Å². The highest BCUT2D eigenvalue weighted by Gasteiger charge is 2.07. The number of rotatable bonds is 6. The highest BCUT2D eigenvalue weighted by molar-refractivity contribution is 5.33. The first-order valence-electron chi connectivity index (χ1n) is 6.93. The molecule has 0 saturated heterocycles. The molecule has 0 aliphatic rings. The van der Waals surface area contributed by atoms with Crippen molar-refractivity contribution < 1.29 is 0 Å². The van der Waals surface area contributed by atoms with E-state index in [0.717, 1.165) is 18.8 Å². The molecule has 0 fully saturated rings. The Labute approximate surface area is 114 Å². The van der Waals surface area contributed by atoms with E-state index in [4.69, 9.17) is 0 Å². The zero-order chi connectivity index (χ0) is 13.8. The molecule has 2 aromatic rings. The van der Waals surface area contributed by atoms with Gasteiger partial charge in [0.15, 0.2) is 0 Å². The number of anilines is 1. The van der Waals surface area contributed by atoms with E-state index in [1.54, 1.807) is 0 Å². The molecule has 0 aromatic carbocycles. The van der Waals surface area contributed by atoms with Gasteiger partial charge in [-0.25, -0.2) is 0 Å². The Bertz CT molecular complexity index is 511. The minimum absolute atomic E-state index is 0.379. The van der Waals surface area contributed by atoms with Gasteiger partial charge < -0.3 is 5.32 Å². The summed E-state index contributed by atoms with van der Waals surface area (Å²) in [7, 11) is 0. The van der Waals surface area contributed by atoms with Gasteiger partial charge in [0, 0.05) is 30.5 Å². The van der Waals surface area contributed by atoms with Crippen molar-refractivity contribution >= 4 is 5.82 Å². The summed E-state index contributed by atoms with van der Waals surface area (Å²) in [6, 6.07) is 4.88. The van der Waals surface area contributed by atoms with Crippen LogP contribution >= 0.6 is 0 Å². The maximum atomic E-state index is 4.53. The fourth-order valence-corrected chi connectivity index (χ4v) is 1.99. The van der Waals surface area contributed by atoms with Crippen LogP contribution < -0.4 is 5.32 Å². The highest BCUT2D eigenvalue weighted by Crippen LogP contribution is 2.13. The molecule has 0 amide bonds. The van der Waals surface area contributed by atoms with Gasteiger partial charge in [0.05, 0.1) is 12.2 Å². The lowest BCUT2D eigenvalue weighted by atomic mass is 10.3. The van der Waals surface area contributed by atoms with Gasteiger partial charge in [0.1, 0.15) is 5.82 Å². The predicted octanol–water partition coefficient (Wildman–Crippen LogP) is 3.24. The maximum Gasteiger partial charge on any atom is 0.148 e. The van der Waals surface area contributed by atoms with Crippen molar-refractivity contribution in [2.24, 2.45) is 0 Å². The molecule has 19 heavy (non-hydrogen) atoms. The molecule has 2 rings (SSSR count). The third-order valence-corrected chi connectivity index (χ3v) is 3.34. The van der Waals surface area contributed by atoms with E-state index < -0.39 is 0 Å². The van der Waals surface area contributed by atoms with Crippen molar-refractivity contribution in [1.82, 2.24) is 19.6 Å². The molecule has 0 radical (unpaired) electrons. The molecule has 2 heterocycles. The van der Waals surface area contributed by atoms with Gasteiger partial charge in [-0.15, -0.1) is 0 Å². The van der Waals surface area contributed by atoms with Crippen LogP contribution in [0.1, 0.15) is 51.9 Å². The average Bonchev–Trinajstić information content (AvgIpc) is 3.04. The summed E-state index contributed by atoms with van der Waals surface area (Å²) in [6.45, 7) is 9.35. The topological polar surface area (TPSA) is 47.7 Å². The summed E-state index contributed by atoms with van der Waals surface area (Å²) in [6.07, 6.45) is 4.95. The van der Waals surface area contributed by atoms with Crippen LogP contribution in [-0.2, 0) is 6.54 Å². The molecular formula is C14H23N5. The molecule has 1 atom stereocenters. The fourth-order valence-electron chi connectivity index (χ4n) is 1.99. The predicted molar refractivity (Wildman–Crippen MR) is 77.2 cm³/mol. The van der Waals surface area contributed by atoms with Crippen LogP contribution in [0.15, 0.2) is 24.5 Å². The number of hydrogen-bond donors (Lipinski definition) is 1. The van der Waals surface area contributed by atoms with Gasteiger partial charge in [-0.2, -0.15) is 10.2 Å². The van der Waals surface area contributed by atoms with E-state index >= 15 is 0 Å². The number of hydrogen-bond acceptors (Lipinski definition) is 3. The lowest BCUT2D eigenvalue weighted by molar-refractivity contribution is 0.478. The second-order valence-corrected chi connectivity index (χ2v) is 5.15. The summed E-state index contributed by atoms with van der Waals surface area (Å²) in [4.78, 5) is 0. The number of nitrogens with zero attached hydrogens (tertiary/aromatic N) is 4. The fraction of sp³-hybridized carbons (Fsp3) is 0.571. The van der Waals surface area contributed by atoms with Gasteiger partial charge in [0.2, 0.25) is 0 Å². The average molecular weight is 261 g/mol. The monoisotopic (exact) mass is 261 g/mol. The van der Waals surface area contributed by atoms with Gasteiger partial charge in [-0.05, 0) is 33.3 Å². The molecular weight excluding hydrogens is 238 g/mol. The largest absolute Gasteiger partial charge is 0.363 e. The quantitative estimate of drug-likeness (QED) is 0.868. The highest BCUT2D eigenvalue weighted by atomic mass is 15.3. The standard InChI is InChI=1S/C14H23N5/c1-5-12(4)18-9-7-14(17-18)15-10-13-6-8-16-19(13)11(2)3/h6-9,11-12H,5,10H2,1-4H3,(H,15,17). The second kappa shape index (κ2) is 5.91. The molecule has 2 aromatic heterocycles. The van der Waals surface area contributed by atoms with E-state index in [2.05, 4.69) is 43.2 Å². The Kier molecular flexibility index (Phi) is 4.24. The van der Waals surface area contributed by atoms with Crippen molar-refractivity contribution in [3.8, 4) is 0 Å². The number of nitrogens with one attached hydrogen (secondary N) is 1. The van der Waals surface area contributed by atoms with Gasteiger partial charge in [0.25, 0.3) is 0 Å². The van der Waals surface area contributed by atoms with Crippen LogP contribution in [0.3, 0.4) is 0 Å². The summed E-state index contributed by atoms with van der Waals surface area (Å²) >= 11 is 0. The minimum Gasteiger partial charge on any atom is -0.363 e. The smallest absolute Gasteiger partial charge is 0.148 e. The normalized spacial score (nSPS) is 12.9. The van der Waals surface area contributed by atoms with Gasteiger partial charge >= 0.3 is 0 Å². The van der Waals surface area contributed by atoms with Crippen LogP contribution in [-0.4, -0.2) is 19.6 Å². The summed E-state index contributed by atoms with van der Waals surface area (Å²) < 4.78 is 4.03. The first kappa shape index (κ1) is 13.6. The molecule has 104 valence electrons. The van der Waals surface area contributed by atoms with Crippen molar-refractivity contribution in [2.75, 3.05) is 5.32 Å². The lowest BCUT2D eigenvalue weighted by Gasteiger charge is -2.11. The second-order valence-electron chi connectivity index (χ2n) is 5.15. The Hall–Kier alpha value is -1.78. The van der Waals surface area contributed by atoms with E-state index in [9.17, 15) is 0 Å². The molecule has 1 N–H and O–H groups in total. The first-order chi connectivity index (χ1) is 9.11. The Morgan fingerprint density at radius 1 is 1.26 bits per heavy atom. The minimum atomic E-state index is 0.379. The van der Waals surface area contributed by atoms with E-state index in [1.165, 1.54) is 5.69 Å². The Morgan fingerprint density at radius 3 is 2.74 bits per heavy atom. The molecule has 0 bridgehead atoms. The van der Waals surface area contributed by atoms with Crippen molar-refractivity contribution in [3.63, 3.8) is 0 Å². The summed E-state index contributed by atoms with van der Waals surface area (Å²) in [5.74, 6) is 0.914. The molecule has 0 aliphatic carbocycles. The van der Waals surface area contributed by atoms with Gasteiger partial charge in [-0.3, -0.25) is 9.36 Å². The van der Waals surface area contributed by atoms with Crippen LogP contribution in [0.2, 0.25) is 0 Å². The van der Waals surface area contributed by atoms with Crippen molar-refractivity contribution in [2.45, 2.75) is 52.7 Å². The molecule has 1 unspecified atom stereocenters. The van der Waals surface area contributed by atoms with Crippen LogP contribution in [0.25, 0.3) is 0 Å². The van der Waals surface area contributed by atoms with E-state index in [1.807, 2.05) is 33.9 Å². The molecule has 5 nitrogen and oxygen atoms in total. The molecule has 0 saturated carbocycles. The van der Waals surface area contributed by atoms with Crippen LogP contribution in [0, 0.1) is 0 Å². The zero-order valence-electron chi connectivity index (χ0n) is 12.2. The lowest BCUT2D eigenvalue weighted by Crippen LogP contribution is -2.11. The third-order valence-electron chi connectivity index (χ3n) is 3.34. The number of aromatic nitrogens is 4. The van der Waals surface area contributed by atoms with Crippen molar-refractivity contribution in [1.29, 1.82) is 0 Å². The zero-order valence-corrected chi connectivity index (χ0v) is 12.2. The SMILES string of the molecule is CCC(C)n1ccc(NCc2ccnn2C(C)C)n1. The van der Waals surface area contributed by atoms with Crippen LogP contribution in [0.5, 0.6) is 0 Å². The maximum absolute atomic E-state index is 4.53. The Balaban J connectivity index is 1.98. The van der Waals surface area contributed by atoms with Crippen LogP contribution in [0.4, 0.5) is 5.82 Å². The van der Waals surface area contributed by atoms with E-state index in [-0.39, 0.29) is 0 Å². The Morgan fingerprint density at radius 2 is 2.05 bits per heavy atom.